The van der Waals surface area contributed by atoms with E-state index < -0.39 is 11.0 Å². The molecule has 0 aromatic heterocycles. The smallest absolute Gasteiger partial charge is 0.261 e. The zero-order chi connectivity index (χ0) is 18.1. The number of carbonyl (C=O) groups is 2. The number of halogens is 2. The highest BCUT2D eigenvalue weighted by Crippen LogP contribution is 2.70. The Morgan fingerprint density at radius 1 is 1.12 bits per heavy atom. The number of amides is 2. The average molecular weight is 375 g/mol. The highest BCUT2D eigenvalue weighted by atomic mass is 35.5. The second kappa shape index (κ2) is 4.99. The number of hydrogen-bond donors (Lipinski definition) is 1. The number of piperidine rings is 1. The summed E-state index contributed by atoms with van der Waals surface area (Å²) in [6.45, 7) is 7.80. The maximum absolute atomic E-state index is 13.3. The lowest BCUT2D eigenvalue weighted by Gasteiger charge is -2.24. The predicted molar refractivity (Wildman–Crippen MR) is 98.5 cm³/mol. The quantitative estimate of drug-likeness (QED) is 0.759. The number of nitrogens with one attached hydrogen (secondary N) is 1. The van der Waals surface area contributed by atoms with Gasteiger partial charge < -0.3 is 5.32 Å². The van der Waals surface area contributed by atoms with Gasteiger partial charge in [-0.25, -0.2) is 4.90 Å². The van der Waals surface area contributed by atoms with Crippen LogP contribution in [0.2, 0.25) is 10.0 Å². The van der Waals surface area contributed by atoms with Gasteiger partial charge >= 0.3 is 0 Å². The number of benzene rings is 1. The third kappa shape index (κ3) is 1.89. The van der Waals surface area contributed by atoms with E-state index in [2.05, 4.69) is 11.9 Å². The first-order valence-electron chi connectivity index (χ1n) is 7.90. The number of imide groups is 1. The minimum Gasteiger partial charge on any atom is -0.376 e. The standard InChI is InChI=1S/C19H16Cl2N2O2/c1-10-4-5-11(2)15-18(3)16(24)23(17(25)19(15,18)22-9-10)14-7-12(20)6-13(21)8-14/h4-9,15,22H,2H2,1,3H3/b5-4-,10-9-/t15-,18-,19-/m1/s1. The van der Waals surface area contributed by atoms with Crippen LogP contribution in [-0.4, -0.2) is 17.4 Å². The summed E-state index contributed by atoms with van der Waals surface area (Å²) < 4.78 is 0. The first-order valence-corrected chi connectivity index (χ1v) is 8.65. The fourth-order valence-electron chi connectivity index (χ4n) is 4.21. The molecule has 1 saturated heterocycles. The van der Waals surface area contributed by atoms with E-state index >= 15 is 0 Å². The minimum atomic E-state index is -1.01. The van der Waals surface area contributed by atoms with Crippen LogP contribution in [-0.2, 0) is 9.59 Å². The van der Waals surface area contributed by atoms with Gasteiger partial charge in [-0.3, -0.25) is 9.59 Å². The molecule has 1 aromatic rings. The van der Waals surface area contributed by atoms with Crippen LogP contribution in [0.15, 0.2) is 54.3 Å². The topological polar surface area (TPSA) is 49.4 Å². The molecule has 6 heteroatoms. The van der Waals surface area contributed by atoms with Crippen LogP contribution in [0.4, 0.5) is 5.69 Å². The van der Waals surface area contributed by atoms with E-state index in [1.807, 2.05) is 26.0 Å². The molecule has 2 aliphatic heterocycles. The van der Waals surface area contributed by atoms with Crippen molar-refractivity contribution in [3.63, 3.8) is 0 Å². The van der Waals surface area contributed by atoms with E-state index in [1.165, 1.54) is 4.90 Å². The van der Waals surface area contributed by atoms with Crippen LogP contribution in [0.25, 0.3) is 0 Å². The predicted octanol–water partition coefficient (Wildman–Crippen LogP) is 3.86. The van der Waals surface area contributed by atoms with Crippen molar-refractivity contribution in [3.8, 4) is 0 Å². The molecule has 0 unspecified atom stereocenters. The van der Waals surface area contributed by atoms with Crippen LogP contribution in [0.5, 0.6) is 0 Å². The highest BCUT2D eigenvalue weighted by molar-refractivity contribution is 6.37. The SMILES string of the molecule is C=C1/C=C\C(C)=C/N[C@]23C(=O)N(c4cc(Cl)cc(Cl)c4)C(=O)[C@@]2(C)[C@@H]13. The van der Waals surface area contributed by atoms with E-state index in [4.69, 9.17) is 23.2 Å². The number of anilines is 1. The summed E-state index contributed by atoms with van der Waals surface area (Å²) in [5, 5.41) is 3.96. The molecular weight excluding hydrogens is 359 g/mol. The molecule has 4 nitrogen and oxygen atoms in total. The summed E-state index contributed by atoms with van der Waals surface area (Å²) in [7, 11) is 0. The van der Waals surface area contributed by atoms with Gasteiger partial charge in [-0.1, -0.05) is 41.9 Å². The Kier molecular flexibility index (Phi) is 3.28. The second-order valence-corrected chi connectivity index (χ2v) is 7.83. The molecule has 0 radical (unpaired) electrons. The molecule has 4 rings (SSSR count). The minimum absolute atomic E-state index is 0.268. The second-order valence-electron chi connectivity index (χ2n) is 6.96. The summed E-state index contributed by atoms with van der Waals surface area (Å²) in [5.41, 5.74) is 0.212. The van der Waals surface area contributed by atoms with E-state index in [0.717, 1.165) is 11.1 Å². The summed E-state index contributed by atoms with van der Waals surface area (Å²) in [4.78, 5) is 27.7. The van der Waals surface area contributed by atoms with E-state index in [0.29, 0.717) is 15.7 Å². The fourth-order valence-corrected chi connectivity index (χ4v) is 4.73. The third-order valence-corrected chi connectivity index (χ3v) is 5.93. The molecule has 25 heavy (non-hydrogen) atoms. The van der Waals surface area contributed by atoms with Crippen LogP contribution in [0.1, 0.15) is 13.8 Å². The van der Waals surface area contributed by atoms with Gasteiger partial charge in [0.05, 0.1) is 11.1 Å². The first-order chi connectivity index (χ1) is 11.7. The lowest BCUT2D eigenvalue weighted by Crippen LogP contribution is -2.46. The first kappa shape index (κ1) is 16.4. The molecule has 1 N–H and O–H groups in total. The zero-order valence-electron chi connectivity index (χ0n) is 13.8. The van der Waals surface area contributed by atoms with E-state index in [-0.39, 0.29) is 17.7 Å². The van der Waals surface area contributed by atoms with Gasteiger partial charge in [0.2, 0.25) is 5.91 Å². The van der Waals surface area contributed by atoms with Gasteiger partial charge in [-0.05, 0) is 43.2 Å². The molecule has 128 valence electrons. The molecule has 2 amide bonds. The Morgan fingerprint density at radius 3 is 2.40 bits per heavy atom. The van der Waals surface area contributed by atoms with Gasteiger partial charge in [0.15, 0.2) is 0 Å². The van der Waals surface area contributed by atoms with Crippen LogP contribution in [0, 0.1) is 11.3 Å². The lowest BCUT2D eigenvalue weighted by molar-refractivity contribution is -0.125. The monoisotopic (exact) mass is 374 g/mol. The Morgan fingerprint density at radius 2 is 1.76 bits per heavy atom. The maximum Gasteiger partial charge on any atom is 0.261 e. The molecule has 1 saturated carbocycles. The molecule has 3 atom stereocenters. The summed E-state index contributed by atoms with van der Waals surface area (Å²) in [6, 6.07) is 4.71. The van der Waals surface area contributed by atoms with Gasteiger partial charge in [0, 0.05) is 22.2 Å². The average Bonchev–Trinajstić information content (AvgIpc) is 3.03. The molecular formula is C19H16Cl2N2O2. The van der Waals surface area contributed by atoms with E-state index in [9.17, 15) is 9.59 Å². The van der Waals surface area contributed by atoms with Crippen molar-refractivity contribution in [1.29, 1.82) is 0 Å². The van der Waals surface area contributed by atoms with Crippen molar-refractivity contribution in [3.05, 3.63) is 64.3 Å². The van der Waals surface area contributed by atoms with Gasteiger partial charge in [0.1, 0.15) is 5.54 Å². The van der Waals surface area contributed by atoms with Crippen molar-refractivity contribution in [2.45, 2.75) is 19.4 Å². The van der Waals surface area contributed by atoms with Gasteiger partial charge in [-0.15, -0.1) is 0 Å². The van der Waals surface area contributed by atoms with Crippen LogP contribution < -0.4 is 10.2 Å². The maximum atomic E-state index is 13.3. The summed E-state index contributed by atoms with van der Waals surface area (Å²) in [5.74, 6) is -0.842. The summed E-state index contributed by atoms with van der Waals surface area (Å²) >= 11 is 12.1. The molecule has 2 fully saturated rings. The Balaban J connectivity index is 1.84. The number of allylic oxidation sites excluding steroid dienone is 3. The molecule has 3 aliphatic rings. The highest BCUT2D eigenvalue weighted by Gasteiger charge is 2.88. The van der Waals surface area contributed by atoms with Crippen molar-refractivity contribution in [2.24, 2.45) is 11.3 Å². The zero-order valence-corrected chi connectivity index (χ0v) is 15.3. The number of carbonyl (C=O) groups excluding carboxylic acids is 2. The number of hydrogen-bond acceptors (Lipinski definition) is 3. The Bertz CT molecular complexity index is 900. The van der Waals surface area contributed by atoms with Crippen LogP contribution >= 0.6 is 23.2 Å². The molecule has 1 spiro atoms. The normalized spacial score (nSPS) is 36.6. The van der Waals surface area contributed by atoms with E-state index in [1.54, 1.807) is 24.4 Å². The van der Waals surface area contributed by atoms with Crippen molar-refractivity contribution in [2.75, 3.05) is 4.90 Å². The Labute approximate surface area is 155 Å². The van der Waals surface area contributed by atoms with Crippen molar-refractivity contribution in [1.82, 2.24) is 5.32 Å². The molecule has 2 heterocycles. The van der Waals surface area contributed by atoms with Crippen molar-refractivity contribution >= 4 is 40.7 Å². The number of fused-ring (bicyclic) bond motifs is 1. The third-order valence-electron chi connectivity index (χ3n) is 5.50. The van der Waals surface area contributed by atoms with Crippen molar-refractivity contribution < 1.29 is 9.59 Å². The molecule has 0 bridgehead atoms. The van der Waals surface area contributed by atoms with Crippen LogP contribution in [0.3, 0.4) is 0 Å². The summed E-state index contributed by atoms with van der Waals surface area (Å²) in [6.07, 6.45) is 5.58. The molecule has 1 aliphatic carbocycles. The largest absolute Gasteiger partial charge is 0.376 e. The number of rotatable bonds is 1. The number of nitrogens with zero attached hydrogens (tertiary/aromatic N) is 1. The lowest BCUT2D eigenvalue weighted by atomic mass is 9.99. The fraction of sp³-hybridized carbons (Fsp3) is 0.263. The van der Waals surface area contributed by atoms with Gasteiger partial charge in [-0.2, -0.15) is 0 Å². The molecule has 1 aromatic carbocycles. The van der Waals surface area contributed by atoms with Gasteiger partial charge in [0.25, 0.3) is 5.91 Å². The Hall–Kier alpha value is -2.04.